The Bertz CT molecular complexity index is 384. The Kier molecular flexibility index (Phi) is 6.30. The topological polar surface area (TPSA) is 169 Å². The first-order valence-electron chi connectivity index (χ1n) is 7.40. The molecule has 10 nitrogen and oxygen atoms in total. The highest BCUT2D eigenvalue weighted by molar-refractivity contribution is 4.94. The Balaban J connectivity index is 0.00000288. The van der Waals surface area contributed by atoms with Crippen molar-refractivity contribution < 1.29 is 51.4 Å². The van der Waals surface area contributed by atoms with Crippen molar-refractivity contribution in [1.82, 2.24) is 0 Å². The van der Waals surface area contributed by atoms with Crippen LogP contribution >= 0.6 is 0 Å². The first kappa shape index (κ1) is 18.9. The second kappa shape index (κ2) is 7.66. The predicted octanol–water partition coefficient (Wildman–Crippen LogP) is -4.08. The van der Waals surface area contributed by atoms with Crippen LogP contribution in [0.2, 0.25) is 0 Å². The molecule has 0 amide bonds. The van der Waals surface area contributed by atoms with E-state index >= 15 is 0 Å². The molecule has 138 valence electrons. The van der Waals surface area contributed by atoms with Gasteiger partial charge in [0.05, 0.1) is 19.3 Å². The Morgan fingerprint density at radius 1 is 0.783 bits per heavy atom. The third-order valence-electron chi connectivity index (χ3n) is 4.24. The third kappa shape index (κ3) is 3.66. The van der Waals surface area contributed by atoms with Crippen molar-refractivity contribution in [2.45, 2.75) is 68.1 Å². The second-order valence-corrected chi connectivity index (χ2v) is 5.84. The predicted molar refractivity (Wildman–Crippen MR) is 74.2 cm³/mol. The van der Waals surface area contributed by atoms with Crippen LogP contribution in [0.4, 0.5) is 0 Å². The molecule has 0 aromatic carbocycles. The Morgan fingerprint density at radius 3 is 1.96 bits per heavy atom. The van der Waals surface area contributed by atoms with Gasteiger partial charge in [-0.05, 0) is 6.92 Å². The minimum absolute atomic E-state index is 0. The number of hydrogen-bond acceptors (Lipinski definition) is 10. The van der Waals surface area contributed by atoms with Crippen LogP contribution in [0.5, 0.6) is 0 Å². The fraction of sp³-hybridized carbons (Fsp3) is 1.00. The molecule has 2 aliphatic heterocycles. The highest BCUT2D eigenvalue weighted by Crippen LogP contribution is 2.28. The summed E-state index contributed by atoms with van der Waals surface area (Å²) in [4.78, 5) is 0. The highest BCUT2D eigenvalue weighted by Gasteiger charge is 2.49. The van der Waals surface area contributed by atoms with E-state index in [2.05, 4.69) is 0 Å². The Morgan fingerprint density at radius 2 is 1.39 bits per heavy atom. The summed E-state index contributed by atoms with van der Waals surface area (Å²) in [5.74, 6) is 0. The summed E-state index contributed by atoms with van der Waals surface area (Å²) in [5.41, 5.74) is 0. The van der Waals surface area contributed by atoms with E-state index in [1.807, 2.05) is 0 Å². The van der Waals surface area contributed by atoms with Crippen molar-refractivity contribution in [2.75, 3.05) is 13.2 Å². The van der Waals surface area contributed by atoms with Crippen molar-refractivity contribution in [3.8, 4) is 0 Å². The lowest BCUT2D eigenvalue weighted by Crippen LogP contribution is -2.64. The van der Waals surface area contributed by atoms with E-state index in [9.17, 15) is 30.6 Å². The van der Waals surface area contributed by atoms with Crippen molar-refractivity contribution in [3.63, 3.8) is 0 Å². The number of rotatable bonds is 4. The van der Waals surface area contributed by atoms with Gasteiger partial charge in [0.25, 0.3) is 0 Å². The number of hydrogen-bond donors (Lipinski definition) is 7. The summed E-state index contributed by atoms with van der Waals surface area (Å²) in [6.07, 6.45) is -13.2. The number of ether oxygens (including phenoxy) is 3. The molecule has 2 aliphatic rings. The van der Waals surface area contributed by atoms with Gasteiger partial charge < -0.3 is 50.0 Å². The van der Waals surface area contributed by atoms with Gasteiger partial charge in [0.2, 0.25) is 0 Å². The van der Waals surface area contributed by atoms with E-state index < -0.39 is 74.4 Å². The van der Waals surface area contributed by atoms with Gasteiger partial charge >= 0.3 is 0 Å². The van der Waals surface area contributed by atoms with Crippen LogP contribution in [0.3, 0.4) is 0 Å². The minimum Gasteiger partial charge on any atom is -0.394 e. The molecule has 7 N–H and O–H groups in total. The van der Waals surface area contributed by atoms with Gasteiger partial charge in [0, 0.05) is 1.43 Å². The molecule has 2 fully saturated rings. The summed E-state index contributed by atoms with van der Waals surface area (Å²) >= 11 is 0. The average molecular weight is 342 g/mol. The maximum absolute atomic E-state index is 10.1. The van der Waals surface area contributed by atoms with Crippen molar-refractivity contribution in [2.24, 2.45) is 0 Å². The molecule has 2 rings (SSSR count). The molecule has 10 heteroatoms. The molecule has 2 saturated heterocycles. The molecule has 0 bridgehead atoms. The Hall–Kier alpha value is -0.400. The zero-order valence-electron chi connectivity index (χ0n) is 12.5. The third-order valence-corrected chi connectivity index (χ3v) is 4.24. The summed E-state index contributed by atoms with van der Waals surface area (Å²) in [5, 5.41) is 67.8. The maximum atomic E-state index is 10.1. The summed E-state index contributed by atoms with van der Waals surface area (Å²) in [6.45, 7) is 0.369. The SMILES string of the molecule is CC1OC(CO)C(OC2OC(CO)C(O)C(O)C2O)C(O)C1O.[HH]. The standard InChI is InChI=1S/C13H24O10.H2/c1-4-7(16)10(19)12(6(3-15)21-4)23-13-11(20)9(18)8(17)5(2-14)22-13;/h4-20H,2-3H2,1H3;1H. The first-order valence-corrected chi connectivity index (χ1v) is 7.40. The van der Waals surface area contributed by atoms with Crippen molar-refractivity contribution in [3.05, 3.63) is 0 Å². The van der Waals surface area contributed by atoms with Crippen molar-refractivity contribution >= 4 is 0 Å². The molecular formula is C13H26O10. The van der Waals surface area contributed by atoms with Crippen LogP contribution < -0.4 is 0 Å². The van der Waals surface area contributed by atoms with Crippen LogP contribution in [0.15, 0.2) is 0 Å². The second-order valence-electron chi connectivity index (χ2n) is 5.84. The Labute approximate surface area is 133 Å². The van der Waals surface area contributed by atoms with E-state index in [0.717, 1.165) is 0 Å². The van der Waals surface area contributed by atoms with E-state index in [1.165, 1.54) is 6.92 Å². The summed E-state index contributed by atoms with van der Waals surface area (Å²) < 4.78 is 15.9. The lowest BCUT2D eigenvalue weighted by Gasteiger charge is -2.45. The molecule has 2 heterocycles. The van der Waals surface area contributed by atoms with E-state index in [4.69, 9.17) is 19.3 Å². The molecule has 10 unspecified atom stereocenters. The molecular weight excluding hydrogens is 316 g/mol. The zero-order chi connectivity index (χ0) is 17.3. The molecule has 23 heavy (non-hydrogen) atoms. The van der Waals surface area contributed by atoms with Crippen LogP contribution in [0, 0.1) is 0 Å². The smallest absolute Gasteiger partial charge is 0.187 e. The molecule has 0 aliphatic carbocycles. The quantitative estimate of drug-likeness (QED) is 0.267. The van der Waals surface area contributed by atoms with Crippen LogP contribution in [-0.4, -0.2) is 110 Å². The van der Waals surface area contributed by atoms with Gasteiger partial charge in [-0.25, -0.2) is 0 Å². The largest absolute Gasteiger partial charge is 0.394 e. The fourth-order valence-corrected chi connectivity index (χ4v) is 2.78. The molecule has 0 radical (unpaired) electrons. The maximum Gasteiger partial charge on any atom is 0.187 e. The molecule has 0 aromatic rings. The number of aliphatic hydroxyl groups excluding tert-OH is 7. The van der Waals surface area contributed by atoms with Crippen LogP contribution in [0.1, 0.15) is 8.35 Å². The fourth-order valence-electron chi connectivity index (χ4n) is 2.78. The normalized spacial score (nSPS) is 51.7. The van der Waals surface area contributed by atoms with E-state index in [-0.39, 0.29) is 1.43 Å². The molecule has 0 spiro atoms. The van der Waals surface area contributed by atoms with Crippen molar-refractivity contribution in [1.29, 1.82) is 0 Å². The molecule has 10 atom stereocenters. The van der Waals surface area contributed by atoms with Gasteiger partial charge in [0.15, 0.2) is 6.29 Å². The lowest BCUT2D eigenvalue weighted by molar-refractivity contribution is -0.341. The van der Waals surface area contributed by atoms with Gasteiger partial charge in [-0.3, -0.25) is 0 Å². The molecule has 0 saturated carbocycles. The minimum atomic E-state index is -1.66. The summed E-state index contributed by atoms with van der Waals surface area (Å²) in [7, 11) is 0. The summed E-state index contributed by atoms with van der Waals surface area (Å²) in [6, 6.07) is 0. The van der Waals surface area contributed by atoms with E-state index in [0.29, 0.717) is 0 Å². The van der Waals surface area contributed by atoms with Gasteiger partial charge in [0.1, 0.15) is 48.8 Å². The van der Waals surface area contributed by atoms with Gasteiger partial charge in [-0.1, -0.05) is 0 Å². The van der Waals surface area contributed by atoms with Crippen LogP contribution in [-0.2, 0) is 14.2 Å². The van der Waals surface area contributed by atoms with E-state index in [1.54, 1.807) is 0 Å². The molecule has 0 aromatic heterocycles. The van der Waals surface area contributed by atoms with Crippen LogP contribution in [0.25, 0.3) is 0 Å². The highest BCUT2D eigenvalue weighted by atomic mass is 16.7. The number of aliphatic hydroxyl groups is 7. The van der Waals surface area contributed by atoms with Gasteiger partial charge in [-0.15, -0.1) is 0 Å². The average Bonchev–Trinajstić information content (AvgIpc) is 2.55. The first-order chi connectivity index (χ1) is 10.8. The lowest BCUT2D eigenvalue weighted by atomic mass is 9.95. The van der Waals surface area contributed by atoms with Gasteiger partial charge in [-0.2, -0.15) is 0 Å². The monoisotopic (exact) mass is 342 g/mol. The zero-order valence-corrected chi connectivity index (χ0v) is 12.5.